The quantitative estimate of drug-likeness (QED) is 0.848. The maximum absolute atomic E-state index is 11.8. The molecule has 0 aliphatic heterocycles. The number of amides is 1. The molecule has 0 fully saturated rings. The van der Waals surface area contributed by atoms with E-state index in [2.05, 4.69) is 28.2 Å². The zero-order chi connectivity index (χ0) is 12.0. The van der Waals surface area contributed by atoms with Crippen LogP contribution in [0.1, 0.15) is 24.6 Å². The summed E-state index contributed by atoms with van der Waals surface area (Å²) in [5.41, 5.74) is 5.57. The van der Waals surface area contributed by atoms with E-state index >= 15 is 0 Å². The minimum atomic E-state index is -0.0521. The third kappa shape index (κ3) is 3.88. The van der Waals surface area contributed by atoms with Crippen molar-refractivity contribution < 1.29 is 4.79 Å². The van der Waals surface area contributed by atoms with E-state index in [0.717, 1.165) is 22.2 Å². The lowest BCUT2D eigenvalue weighted by Crippen LogP contribution is -2.34. The molecule has 1 aromatic rings. The van der Waals surface area contributed by atoms with E-state index < -0.39 is 0 Å². The number of nitrogens with one attached hydrogen (secondary N) is 1. The third-order valence-corrected chi connectivity index (χ3v) is 4.33. The summed E-state index contributed by atoms with van der Waals surface area (Å²) in [5, 5.41) is 4.92. The molecule has 0 aliphatic carbocycles. The Morgan fingerprint density at radius 3 is 2.94 bits per heavy atom. The Morgan fingerprint density at radius 1 is 1.69 bits per heavy atom. The van der Waals surface area contributed by atoms with Crippen LogP contribution in [0.4, 0.5) is 0 Å². The molecule has 0 bridgehead atoms. The Kier molecular flexibility index (Phi) is 6.01. The summed E-state index contributed by atoms with van der Waals surface area (Å²) in [6.07, 6.45) is 1.84. The van der Waals surface area contributed by atoms with Gasteiger partial charge in [-0.25, -0.2) is 0 Å². The van der Waals surface area contributed by atoms with Gasteiger partial charge in [0.05, 0.1) is 12.5 Å². The van der Waals surface area contributed by atoms with Crippen LogP contribution in [-0.2, 0) is 11.3 Å². The van der Waals surface area contributed by atoms with Crippen molar-refractivity contribution in [2.45, 2.75) is 26.3 Å². The van der Waals surface area contributed by atoms with Gasteiger partial charge in [-0.05, 0) is 33.8 Å². The summed E-state index contributed by atoms with van der Waals surface area (Å²) < 4.78 is 1.05. The molecule has 0 radical (unpaired) electrons. The van der Waals surface area contributed by atoms with Crippen LogP contribution >= 0.6 is 27.3 Å². The fourth-order valence-corrected chi connectivity index (χ4v) is 2.90. The maximum Gasteiger partial charge on any atom is 0.224 e. The SMILES string of the molecule is CCCC(CN)C(=O)NCc1sccc1Br. The summed E-state index contributed by atoms with van der Waals surface area (Å²) in [5.74, 6) is 0.00777. The topological polar surface area (TPSA) is 55.1 Å². The molecule has 0 aromatic carbocycles. The number of carbonyl (C=O) groups is 1. The number of thiophene rings is 1. The van der Waals surface area contributed by atoms with Gasteiger partial charge in [0.15, 0.2) is 0 Å². The Balaban J connectivity index is 2.42. The number of nitrogens with two attached hydrogens (primary N) is 1. The molecule has 3 N–H and O–H groups in total. The first kappa shape index (κ1) is 13.7. The predicted octanol–water partition coefficient (Wildman–Crippen LogP) is 2.50. The summed E-state index contributed by atoms with van der Waals surface area (Å²) in [7, 11) is 0. The number of hydrogen-bond donors (Lipinski definition) is 2. The third-order valence-electron chi connectivity index (χ3n) is 2.41. The van der Waals surface area contributed by atoms with E-state index in [0.29, 0.717) is 13.1 Å². The molecule has 1 unspecified atom stereocenters. The summed E-state index contributed by atoms with van der Waals surface area (Å²) in [4.78, 5) is 12.9. The molecule has 5 heteroatoms. The predicted molar refractivity (Wildman–Crippen MR) is 71.3 cm³/mol. The first-order chi connectivity index (χ1) is 7.69. The molecule has 1 aromatic heterocycles. The molecular formula is C11H17BrN2OS. The largest absolute Gasteiger partial charge is 0.351 e. The van der Waals surface area contributed by atoms with Gasteiger partial charge in [-0.1, -0.05) is 13.3 Å². The van der Waals surface area contributed by atoms with Gasteiger partial charge in [0.25, 0.3) is 0 Å². The molecule has 0 aliphatic rings. The molecule has 1 heterocycles. The zero-order valence-electron chi connectivity index (χ0n) is 9.33. The van der Waals surface area contributed by atoms with Crippen LogP contribution in [0.3, 0.4) is 0 Å². The summed E-state index contributed by atoms with van der Waals surface area (Å²) >= 11 is 5.07. The first-order valence-electron chi connectivity index (χ1n) is 5.38. The zero-order valence-corrected chi connectivity index (χ0v) is 11.7. The number of halogens is 1. The van der Waals surface area contributed by atoms with Crippen LogP contribution in [0.5, 0.6) is 0 Å². The van der Waals surface area contributed by atoms with Gasteiger partial charge < -0.3 is 11.1 Å². The molecule has 0 saturated heterocycles. The van der Waals surface area contributed by atoms with Gasteiger partial charge in [0, 0.05) is 15.9 Å². The average Bonchev–Trinajstić information content (AvgIpc) is 2.68. The lowest BCUT2D eigenvalue weighted by atomic mass is 10.0. The second-order valence-corrected chi connectivity index (χ2v) is 5.49. The fourth-order valence-electron chi connectivity index (χ4n) is 1.47. The Morgan fingerprint density at radius 2 is 2.44 bits per heavy atom. The molecule has 1 rings (SSSR count). The van der Waals surface area contributed by atoms with Crippen LogP contribution in [0.25, 0.3) is 0 Å². The van der Waals surface area contributed by atoms with Gasteiger partial charge >= 0.3 is 0 Å². The average molecular weight is 305 g/mol. The number of carbonyl (C=O) groups excluding carboxylic acids is 1. The molecule has 0 saturated carbocycles. The van der Waals surface area contributed by atoms with E-state index in [1.807, 2.05) is 11.4 Å². The van der Waals surface area contributed by atoms with Gasteiger partial charge in [-0.3, -0.25) is 4.79 Å². The molecule has 1 amide bonds. The van der Waals surface area contributed by atoms with Crippen molar-refractivity contribution in [3.8, 4) is 0 Å². The highest BCUT2D eigenvalue weighted by atomic mass is 79.9. The Hall–Kier alpha value is -0.390. The molecule has 3 nitrogen and oxygen atoms in total. The van der Waals surface area contributed by atoms with Crippen molar-refractivity contribution in [2.24, 2.45) is 11.7 Å². The molecule has 16 heavy (non-hydrogen) atoms. The van der Waals surface area contributed by atoms with Crippen molar-refractivity contribution >= 4 is 33.2 Å². The smallest absolute Gasteiger partial charge is 0.224 e. The van der Waals surface area contributed by atoms with Crippen LogP contribution in [-0.4, -0.2) is 12.5 Å². The highest BCUT2D eigenvalue weighted by Crippen LogP contribution is 2.22. The maximum atomic E-state index is 11.8. The molecule has 0 spiro atoms. The monoisotopic (exact) mass is 304 g/mol. The molecular weight excluding hydrogens is 288 g/mol. The number of hydrogen-bond acceptors (Lipinski definition) is 3. The van der Waals surface area contributed by atoms with Crippen LogP contribution in [0.2, 0.25) is 0 Å². The highest BCUT2D eigenvalue weighted by Gasteiger charge is 2.15. The second kappa shape index (κ2) is 7.04. The molecule has 90 valence electrons. The minimum absolute atomic E-state index is 0.0521. The van der Waals surface area contributed by atoms with Crippen molar-refractivity contribution in [1.82, 2.24) is 5.32 Å². The molecule has 1 atom stereocenters. The highest BCUT2D eigenvalue weighted by molar-refractivity contribution is 9.10. The Labute approximate surface area is 109 Å². The van der Waals surface area contributed by atoms with E-state index in [-0.39, 0.29) is 11.8 Å². The van der Waals surface area contributed by atoms with E-state index in [9.17, 15) is 4.79 Å². The second-order valence-electron chi connectivity index (χ2n) is 3.63. The Bertz CT molecular complexity index is 340. The summed E-state index contributed by atoms with van der Waals surface area (Å²) in [6, 6.07) is 1.98. The van der Waals surface area contributed by atoms with Crippen molar-refractivity contribution in [3.05, 3.63) is 20.8 Å². The normalized spacial score (nSPS) is 12.4. The van der Waals surface area contributed by atoms with Crippen LogP contribution in [0, 0.1) is 5.92 Å². The van der Waals surface area contributed by atoms with Gasteiger partial charge in [-0.15, -0.1) is 11.3 Å². The standard InChI is InChI=1S/C11H17BrN2OS/c1-2-3-8(6-13)11(15)14-7-10-9(12)4-5-16-10/h4-5,8H,2-3,6-7,13H2,1H3,(H,14,15). The van der Waals surface area contributed by atoms with Crippen molar-refractivity contribution in [1.29, 1.82) is 0 Å². The van der Waals surface area contributed by atoms with E-state index in [1.165, 1.54) is 0 Å². The van der Waals surface area contributed by atoms with Crippen molar-refractivity contribution in [3.63, 3.8) is 0 Å². The van der Waals surface area contributed by atoms with E-state index in [4.69, 9.17) is 5.73 Å². The summed E-state index contributed by atoms with van der Waals surface area (Å²) in [6.45, 7) is 3.06. The van der Waals surface area contributed by atoms with Crippen LogP contribution in [0.15, 0.2) is 15.9 Å². The minimum Gasteiger partial charge on any atom is -0.351 e. The first-order valence-corrected chi connectivity index (χ1v) is 7.06. The van der Waals surface area contributed by atoms with E-state index in [1.54, 1.807) is 11.3 Å². The van der Waals surface area contributed by atoms with Crippen LogP contribution < -0.4 is 11.1 Å². The van der Waals surface area contributed by atoms with Gasteiger partial charge in [0.1, 0.15) is 0 Å². The fraction of sp³-hybridized carbons (Fsp3) is 0.545. The number of rotatable bonds is 6. The van der Waals surface area contributed by atoms with Gasteiger partial charge in [0.2, 0.25) is 5.91 Å². The lowest BCUT2D eigenvalue weighted by molar-refractivity contribution is -0.125. The lowest BCUT2D eigenvalue weighted by Gasteiger charge is -2.13. The van der Waals surface area contributed by atoms with Crippen molar-refractivity contribution in [2.75, 3.05) is 6.54 Å². The van der Waals surface area contributed by atoms with Gasteiger partial charge in [-0.2, -0.15) is 0 Å².